The molecule has 1 saturated heterocycles. The standard InChI is InChI=1S/C19H20F2N6O3S/c1-31(29,30)27-6-4-10(5-7-27)26-19-14-11(8-23-18(14)24-9-25-19)17(28)15-12(20)2-3-13(22)16(15)21/h2-3,8-10H,4-7,22H2,1H3,(H2,23,24,25,26). The summed E-state index contributed by atoms with van der Waals surface area (Å²) >= 11 is 0. The third-order valence-corrected chi connectivity index (χ3v) is 6.63. The zero-order valence-electron chi connectivity index (χ0n) is 16.5. The maximum atomic E-state index is 14.4. The van der Waals surface area contributed by atoms with Crippen molar-refractivity contribution in [2.75, 3.05) is 30.4 Å². The largest absolute Gasteiger partial charge is 0.396 e. The Balaban J connectivity index is 1.67. The molecule has 0 saturated carbocycles. The number of carbonyl (C=O) groups excluding carboxylic acids is 1. The van der Waals surface area contributed by atoms with Gasteiger partial charge in [0, 0.05) is 25.3 Å². The molecule has 0 spiro atoms. The van der Waals surface area contributed by atoms with E-state index in [1.807, 2.05) is 0 Å². The van der Waals surface area contributed by atoms with E-state index in [1.54, 1.807) is 0 Å². The molecule has 1 aliphatic rings. The van der Waals surface area contributed by atoms with Crippen molar-refractivity contribution in [2.24, 2.45) is 0 Å². The maximum Gasteiger partial charge on any atom is 0.211 e. The SMILES string of the molecule is CS(=O)(=O)N1CCC(Nc2ncnc3[nH]cc(C(=O)c4c(F)ccc(N)c4F)c23)CC1. The van der Waals surface area contributed by atoms with Crippen LogP contribution in [0.3, 0.4) is 0 Å². The van der Waals surface area contributed by atoms with Crippen LogP contribution in [0.25, 0.3) is 11.0 Å². The summed E-state index contributed by atoms with van der Waals surface area (Å²) in [5.41, 5.74) is 4.73. The van der Waals surface area contributed by atoms with Gasteiger partial charge in [-0.15, -0.1) is 0 Å². The van der Waals surface area contributed by atoms with E-state index in [1.165, 1.54) is 23.1 Å². The Labute approximate surface area is 176 Å². The summed E-state index contributed by atoms with van der Waals surface area (Å²) in [6.45, 7) is 0.701. The molecule has 0 unspecified atom stereocenters. The zero-order valence-corrected chi connectivity index (χ0v) is 17.3. The van der Waals surface area contributed by atoms with Crippen molar-refractivity contribution in [1.82, 2.24) is 19.3 Å². The highest BCUT2D eigenvalue weighted by molar-refractivity contribution is 7.88. The Hall–Kier alpha value is -3.12. The van der Waals surface area contributed by atoms with E-state index in [2.05, 4.69) is 20.3 Å². The van der Waals surface area contributed by atoms with E-state index in [4.69, 9.17) is 5.73 Å². The monoisotopic (exact) mass is 450 g/mol. The second-order valence-corrected chi connectivity index (χ2v) is 9.37. The van der Waals surface area contributed by atoms with E-state index < -0.39 is 33.0 Å². The summed E-state index contributed by atoms with van der Waals surface area (Å²) < 4.78 is 53.5. The van der Waals surface area contributed by atoms with E-state index in [-0.39, 0.29) is 17.3 Å². The van der Waals surface area contributed by atoms with Gasteiger partial charge in [-0.25, -0.2) is 31.5 Å². The second kappa shape index (κ2) is 7.85. The van der Waals surface area contributed by atoms with Gasteiger partial charge >= 0.3 is 0 Å². The van der Waals surface area contributed by atoms with Gasteiger partial charge in [0.2, 0.25) is 15.8 Å². The molecule has 12 heteroatoms. The van der Waals surface area contributed by atoms with Crippen LogP contribution in [0, 0.1) is 11.6 Å². The van der Waals surface area contributed by atoms with E-state index in [0.29, 0.717) is 42.8 Å². The van der Waals surface area contributed by atoms with Crippen LogP contribution in [0.2, 0.25) is 0 Å². The molecular weight excluding hydrogens is 430 g/mol. The number of nitrogens with one attached hydrogen (secondary N) is 2. The summed E-state index contributed by atoms with van der Waals surface area (Å²) in [4.78, 5) is 24.1. The number of aromatic nitrogens is 3. The van der Waals surface area contributed by atoms with Crippen molar-refractivity contribution >= 4 is 38.3 Å². The highest BCUT2D eigenvalue weighted by atomic mass is 32.2. The lowest BCUT2D eigenvalue weighted by atomic mass is 10.0. The number of fused-ring (bicyclic) bond motifs is 1. The zero-order chi connectivity index (χ0) is 22.3. The van der Waals surface area contributed by atoms with Gasteiger partial charge in [-0.3, -0.25) is 4.79 Å². The fraction of sp³-hybridized carbons (Fsp3) is 0.316. The van der Waals surface area contributed by atoms with Crippen molar-refractivity contribution in [3.63, 3.8) is 0 Å². The summed E-state index contributed by atoms with van der Waals surface area (Å²) in [7, 11) is -3.26. The number of hydrogen-bond donors (Lipinski definition) is 3. The molecule has 0 radical (unpaired) electrons. The van der Waals surface area contributed by atoms with Crippen LogP contribution in [0.5, 0.6) is 0 Å². The van der Waals surface area contributed by atoms with E-state index in [9.17, 15) is 22.0 Å². The first kappa shape index (κ1) is 21.1. The van der Waals surface area contributed by atoms with Gasteiger partial charge in [0.1, 0.15) is 23.6 Å². The van der Waals surface area contributed by atoms with Gasteiger partial charge < -0.3 is 16.0 Å². The van der Waals surface area contributed by atoms with Gasteiger partial charge in [0.05, 0.1) is 28.5 Å². The first-order valence-electron chi connectivity index (χ1n) is 9.48. The number of H-pyrrole nitrogens is 1. The van der Waals surface area contributed by atoms with Gasteiger partial charge in [-0.1, -0.05) is 0 Å². The predicted molar refractivity (Wildman–Crippen MR) is 111 cm³/mol. The fourth-order valence-corrected chi connectivity index (χ4v) is 4.56. The van der Waals surface area contributed by atoms with Gasteiger partial charge in [-0.2, -0.15) is 0 Å². The molecular formula is C19H20F2N6O3S. The van der Waals surface area contributed by atoms with Crippen LogP contribution in [0.4, 0.5) is 20.3 Å². The van der Waals surface area contributed by atoms with Crippen molar-refractivity contribution < 1.29 is 22.0 Å². The molecule has 2 aromatic heterocycles. The van der Waals surface area contributed by atoms with E-state index >= 15 is 0 Å². The third kappa shape index (κ3) is 3.95. The predicted octanol–water partition coefficient (Wildman–Crippen LogP) is 1.89. The summed E-state index contributed by atoms with van der Waals surface area (Å²) in [6, 6.07) is 1.89. The number of aromatic amines is 1. The topological polar surface area (TPSA) is 134 Å². The number of rotatable bonds is 5. The first-order chi connectivity index (χ1) is 14.7. The van der Waals surface area contributed by atoms with Crippen molar-refractivity contribution in [3.8, 4) is 0 Å². The average Bonchev–Trinajstić information content (AvgIpc) is 3.16. The molecule has 0 aliphatic carbocycles. The number of hydrogen-bond acceptors (Lipinski definition) is 7. The summed E-state index contributed by atoms with van der Waals surface area (Å²) in [5.74, 6) is -2.72. The van der Waals surface area contributed by atoms with Gasteiger partial charge in [-0.05, 0) is 25.0 Å². The Morgan fingerprint density at radius 3 is 2.65 bits per heavy atom. The minimum Gasteiger partial charge on any atom is -0.396 e. The van der Waals surface area contributed by atoms with Gasteiger partial charge in [0.15, 0.2) is 5.82 Å². The lowest BCUT2D eigenvalue weighted by molar-refractivity contribution is 0.103. The van der Waals surface area contributed by atoms with Crippen LogP contribution in [-0.4, -0.2) is 58.8 Å². The number of nitrogens with zero attached hydrogens (tertiary/aromatic N) is 3. The maximum absolute atomic E-state index is 14.4. The molecule has 1 aromatic carbocycles. The molecule has 164 valence electrons. The molecule has 0 atom stereocenters. The molecule has 1 aliphatic heterocycles. The minimum atomic E-state index is -3.26. The highest BCUT2D eigenvalue weighted by Crippen LogP contribution is 2.30. The Morgan fingerprint density at radius 1 is 1.26 bits per heavy atom. The molecule has 1 fully saturated rings. The smallest absolute Gasteiger partial charge is 0.211 e. The van der Waals surface area contributed by atoms with Crippen LogP contribution < -0.4 is 11.1 Å². The van der Waals surface area contributed by atoms with Crippen LogP contribution in [0.15, 0.2) is 24.7 Å². The number of piperidine rings is 1. The first-order valence-corrected chi connectivity index (χ1v) is 11.3. The number of nitrogen functional groups attached to an aromatic ring is 1. The van der Waals surface area contributed by atoms with Gasteiger partial charge in [0.25, 0.3) is 0 Å². The summed E-state index contributed by atoms with van der Waals surface area (Å²) in [5, 5.41) is 3.50. The normalized spacial score (nSPS) is 16.0. The van der Waals surface area contributed by atoms with Crippen LogP contribution in [-0.2, 0) is 10.0 Å². The number of sulfonamides is 1. The van der Waals surface area contributed by atoms with Crippen LogP contribution in [0.1, 0.15) is 28.8 Å². The highest BCUT2D eigenvalue weighted by Gasteiger charge is 2.28. The minimum absolute atomic E-state index is 0.00456. The Morgan fingerprint density at radius 2 is 1.97 bits per heavy atom. The number of nitrogens with two attached hydrogens (primary N) is 1. The lowest BCUT2D eigenvalue weighted by Gasteiger charge is -2.31. The van der Waals surface area contributed by atoms with Crippen LogP contribution >= 0.6 is 0 Å². The second-order valence-electron chi connectivity index (χ2n) is 7.38. The fourth-order valence-electron chi connectivity index (χ4n) is 3.69. The lowest BCUT2D eigenvalue weighted by Crippen LogP contribution is -2.41. The number of halogens is 2. The Kier molecular flexibility index (Phi) is 5.35. The molecule has 4 N–H and O–H groups in total. The number of carbonyl (C=O) groups is 1. The third-order valence-electron chi connectivity index (χ3n) is 5.33. The molecule has 4 rings (SSSR count). The molecule has 9 nitrogen and oxygen atoms in total. The molecule has 0 amide bonds. The molecule has 3 heterocycles. The molecule has 3 aromatic rings. The number of benzene rings is 1. The summed E-state index contributed by atoms with van der Waals surface area (Å²) in [6.07, 6.45) is 4.85. The number of ketones is 1. The Bertz CT molecular complexity index is 1270. The molecule has 0 bridgehead atoms. The quantitative estimate of drug-likeness (QED) is 0.399. The van der Waals surface area contributed by atoms with Crippen molar-refractivity contribution in [1.29, 1.82) is 0 Å². The molecule has 31 heavy (non-hydrogen) atoms. The number of anilines is 2. The average molecular weight is 450 g/mol. The van der Waals surface area contributed by atoms with Crippen molar-refractivity contribution in [2.45, 2.75) is 18.9 Å². The van der Waals surface area contributed by atoms with E-state index in [0.717, 1.165) is 12.1 Å². The van der Waals surface area contributed by atoms with Crippen molar-refractivity contribution in [3.05, 3.63) is 47.4 Å².